The summed E-state index contributed by atoms with van der Waals surface area (Å²) in [5.74, 6) is 0. The summed E-state index contributed by atoms with van der Waals surface area (Å²) in [5.41, 5.74) is 4.64. The van der Waals surface area contributed by atoms with E-state index in [0.717, 1.165) is 16.2 Å². The van der Waals surface area contributed by atoms with Crippen LogP contribution in [0.1, 0.15) is 5.56 Å². The molecule has 2 aromatic carbocycles. The van der Waals surface area contributed by atoms with E-state index in [1.807, 2.05) is 6.07 Å². The summed E-state index contributed by atoms with van der Waals surface area (Å²) in [6.07, 6.45) is 2.06. The molecule has 90 valence electrons. The third-order valence-corrected chi connectivity index (χ3v) is 3.64. The van der Waals surface area contributed by atoms with Crippen LogP contribution >= 0.6 is 11.8 Å². The zero-order valence-corrected chi connectivity index (χ0v) is 11.2. The predicted molar refractivity (Wildman–Crippen MR) is 77.6 cm³/mol. The van der Waals surface area contributed by atoms with Crippen molar-refractivity contribution in [2.75, 3.05) is 6.26 Å². The number of hydrogen-bond acceptors (Lipinski definition) is 2. The molecule has 0 N–H and O–H groups in total. The summed E-state index contributed by atoms with van der Waals surface area (Å²) >= 11 is 1.67. The van der Waals surface area contributed by atoms with E-state index in [0.29, 0.717) is 0 Å². The normalized spacial score (nSPS) is 11.0. The van der Waals surface area contributed by atoms with E-state index in [2.05, 4.69) is 65.2 Å². The van der Waals surface area contributed by atoms with Gasteiger partial charge in [-0.25, -0.2) is 4.98 Å². The molecule has 0 spiro atoms. The monoisotopic (exact) mass is 254 g/mol. The van der Waals surface area contributed by atoms with Crippen molar-refractivity contribution in [3.63, 3.8) is 0 Å². The van der Waals surface area contributed by atoms with Crippen LogP contribution in [-0.2, 0) is 0 Å². The minimum atomic E-state index is 1.03. The van der Waals surface area contributed by atoms with Crippen molar-refractivity contribution in [2.24, 2.45) is 0 Å². The molecular formula is C15H14N2S. The molecule has 0 atom stereocenters. The summed E-state index contributed by atoms with van der Waals surface area (Å²) in [6.45, 7) is 2.10. The maximum Gasteiger partial charge on any atom is 0.173 e. The van der Waals surface area contributed by atoms with Gasteiger partial charge in [-0.05, 0) is 37.4 Å². The summed E-state index contributed by atoms with van der Waals surface area (Å²) < 4.78 is 2.21. The molecule has 0 fully saturated rings. The van der Waals surface area contributed by atoms with Crippen molar-refractivity contribution in [1.29, 1.82) is 0 Å². The second-order valence-corrected chi connectivity index (χ2v) is 5.03. The van der Waals surface area contributed by atoms with Crippen molar-refractivity contribution in [1.82, 2.24) is 9.55 Å². The molecule has 0 bridgehead atoms. The number of aromatic nitrogens is 2. The average molecular weight is 254 g/mol. The minimum Gasteiger partial charge on any atom is -0.287 e. The zero-order valence-electron chi connectivity index (χ0n) is 10.4. The molecule has 0 saturated heterocycles. The molecule has 0 unspecified atom stereocenters. The second-order valence-electron chi connectivity index (χ2n) is 4.26. The Bertz CT molecular complexity index is 683. The van der Waals surface area contributed by atoms with Crippen molar-refractivity contribution in [3.05, 3.63) is 54.1 Å². The first-order valence-electron chi connectivity index (χ1n) is 5.88. The van der Waals surface area contributed by atoms with E-state index < -0.39 is 0 Å². The topological polar surface area (TPSA) is 17.8 Å². The van der Waals surface area contributed by atoms with E-state index in [4.69, 9.17) is 0 Å². The third kappa shape index (κ3) is 1.81. The minimum absolute atomic E-state index is 1.03. The van der Waals surface area contributed by atoms with Gasteiger partial charge in [-0.1, -0.05) is 41.6 Å². The Morgan fingerprint density at radius 3 is 2.44 bits per heavy atom. The van der Waals surface area contributed by atoms with E-state index in [-0.39, 0.29) is 0 Å². The molecule has 0 aliphatic heterocycles. The molecule has 1 aromatic heterocycles. The number of para-hydroxylation sites is 2. The number of thioether (sulfide) groups is 1. The van der Waals surface area contributed by atoms with E-state index in [9.17, 15) is 0 Å². The molecule has 18 heavy (non-hydrogen) atoms. The quantitative estimate of drug-likeness (QED) is 0.642. The molecule has 3 rings (SSSR count). The Balaban J connectivity index is 2.29. The average Bonchev–Trinajstić information content (AvgIpc) is 2.78. The molecule has 0 aliphatic rings. The molecule has 3 heteroatoms. The first kappa shape index (κ1) is 11.4. The lowest BCUT2D eigenvalue weighted by Crippen LogP contribution is -1.95. The first-order chi connectivity index (χ1) is 8.79. The van der Waals surface area contributed by atoms with Crippen molar-refractivity contribution in [2.45, 2.75) is 12.1 Å². The lowest BCUT2D eigenvalue weighted by Gasteiger charge is -2.07. The highest BCUT2D eigenvalue weighted by Gasteiger charge is 2.10. The van der Waals surface area contributed by atoms with Crippen LogP contribution < -0.4 is 0 Å². The van der Waals surface area contributed by atoms with Crippen LogP contribution in [0, 0.1) is 6.92 Å². The van der Waals surface area contributed by atoms with Gasteiger partial charge >= 0.3 is 0 Å². The number of imidazole rings is 1. The highest BCUT2D eigenvalue weighted by atomic mass is 32.2. The van der Waals surface area contributed by atoms with Crippen molar-refractivity contribution >= 4 is 22.8 Å². The summed E-state index contributed by atoms with van der Waals surface area (Å²) in [5, 5.41) is 1.03. The fourth-order valence-electron chi connectivity index (χ4n) is 2.08. The van der Waals surface area contributed by atoms with Gasteiger partial charge in [0.25, 0.3) is 0 Å². The smallest absolute Gasteiger partial charge is 0.173 e. The van der Waals surface area contributed by atoms with Crippen LogP contribution in [0.2, 0.25) is 0 Å². The molecule has 2 nitrogen and oxygen atoms in total. The zero-order chi connectivity index (χ0) is 12.5. The number of hydrogen-bond donors (Lipinski definition) is 0. The van der Waals surface area contributed by atoms with Crippen LogP contribution in [0.15, 0.2) is 53.7 Å². The summed E-state index contributed by atoms with van der Waals surface area (Å²) in [4.78, 5) is 4.66. The van der Waals surface area contributed by atoms with Crippen molar-refractivity contribution in [3.8, 4) is 5.69 Å². The molecule has 0 aliphatic carbocycles. The molecule has 1 heterocycles. The Hall–Kier alpha value is -1.74. The van der Waals surface area contributed by atoms with Crippen LogP contribution in [0.5, 0.6) is 0 Å². The largest absolute Gasteiger partial charge is 0.287 e. The molecule has 0 amide bonds. The van der Waals surface area contributed by atoms with Gasteiger partial charge in [0.05, 0.1) is 11.0 Å². The van der Waals surface area contributed by atoms with Gasteiger partial charge in [0.2, 0.25) is 0 Å². The van der Waals surface area contributed by atoms with Gasteiger partial charge in [0.15, 0.2) is 5.16 Å². The Morgan fingerprint density at radius 2 is 1.72 bits per heavy atom. The lowest BCUT2D eigenvalue weighted by molar-refractivity contribution is 0.921. The van der Waals surface area contributed by atoms with Gasteiger partial charge in [0.1, 0.15) is 0 Å². The van der Waals surface area contributed by atoms with Gasteiger partial charge in [-0.15, -0.1) is 0 Å². The number of aryl methyl sites for hydroxylation is 1. The van der Waals surface area contributed by atoms with E-state index in [1.54, 1.807) is 11.8 Å². The van der Waals surface area contributed by atoms with Gasteiger partial charge < -0.3 is 0 Å². The number of nitrogens with zero attached hydrogens (tertiary/aromatic N) is 2. The summed E-state index contributed by atoms with van der Waals surface area (Å²) in [7, 11) is 0. The molecule has 0 radical (unpaired) electrons. The Morgan fingerprint density at radius 1 is 1.00 bits per heavy atom. The highest BCUT2D eigenvalue weighted by Crippen LogP contribution is 2.26. The van der Waals surface area contributed by atoms with Gasteiger partial charge in [-0.2, -0.15) is 0 Å². The number of rotatable bonds is 2. The summed E-state index contributed by atoms with van der Waals surface area (Å²) in [6, 6.07) is 16.8. The molecule has 0 saturated carbocycles. The van der Waals surface area contributed by atoms with Crippen LogP contribution in [0.4, 0.5) is 0 Å². The third-order valence-electron chi connectivity index (χ3n) is 3.00. The van der Waals surface area contributed by atoms with Crippen LogP contribution in [0.3, 0.4) is 0 Å². The van der Waals surface area contributed by atoms with Crippen molar-refractivity contribution < 1.29 is 0 Å². The first-order valence-corrected chi connectivity index (χ1v) is 7.10. The van der Waals surface area contributed by atoms with Crippen LogP contribution in [-0.4, -0.2) is 15.8 Å². The molecular weight excluding hydrogens is 240 g/mol. The Kier molecular flexibility index (Phi) is 2.84. The lowest BCUT2D eigenvalue weighted by atomic mass is 10.2. The highest BCUT2D eigenvalue weighted by molar-refractivity contribution is 7.98. The maximum absolute atomic E-state index is 4.66. The maximum atomic E-state index is 4.66. The standard InChI is InChI=1S/C15H14N2S/c1-11-7-9-12(10-8-11)17-14-6-4-3-5-13(14)16-15(17)18-2/h3-10H,1-2H3. The van der Waals surface area contributed by atoms with Gasteiger partial charge in [-0.3, -0.25) is 4.57 Å². The second kappa shape index (κ2) is 4.50. The Labute approximate surface area is 111 Å². The van der Waals surface area contributed by atoms with E-state index >= 15 is 0 Å². The van der Waals surface area contributed by atoms with Gasteiger partial charge in [0, 0.05) is 5.69 Å². The predicted octanol–water partition coefficient (Wildman–Crippen LogP) is 4.06. The fourth-order valence-corrected chi connectivity index (χ4v) is 2.66. The molecule has 3 aromatic rings. The fraction of sp³-hybridized carbons (Fsp3) is 0.133. The number of fused-ring (bicyclic) bond motifs is 1. The van der Waals surface area contributed by atoms with E-state index in [1.165, 1.54) is 11.3 Å². The number of benzene rings is 2. The SMILES string of the molecule is CSc1nc2ccccc2n1-c1ccc(C)cc1. The van der Waals surface area contributed by atoms with Crippen LogP contribution in [0.25, 0.3) is 16.7 Å².